The molecule has 0 aliphatic rings. The Morgan fingerprint density at radius 1 is 1.25 bits per heavy atom. The monoisotopic (exact) mass is 296 g/mol. The highest BCUT2D eigenvalue weighted by Crippen LogP contribution is 2.28. The van der Waals surface area contributed by atoms with Crippen molar-refractivity contribution in [1.29, 1.82) is 0 Å². The second-order valence-electron chi connectivity index (χ2n) is 4.18. The first-order valence-corrected chi connectivity index (χ1v) is 6.96. The zero-order chi connectivity index (χ0) is 15.1. The molecule has 0 N–H and O–H groups in total. The predicted molar refractivity (Wildman–Crippen MR) is 81.7 cm³/mol. The van der Waals surface area contributed by atoms with Crippen LogP contribution in [0.1, 0.15) is 41.8 Å². The number of carbonyl (C=O) groups is 1. The van der Waals surface area contributed by atoms with Crippen molar-refractivity contribution in [3.63, 3.8) is 0 Å². The Bertz CT molecular complexity index is 497. The van der Waals surface area contributed by atoms with E-state index in [1.54, 1.807) is 19.2 Å². The maximum atomic E-state index is 11.8. The lowest BCUT2D eigenvalue weighted by Crippen LogP contribution is -2.11. The predicted octanol–water partition coefficient (Wildman–Crippen LogP) is 3.15. The molecule has 0 bridgehead atoms. The van der Waals surface area contributed by atoms with Crippen molar-refractivity contribution in [2.75, 3.05) is 20.8 Å². The molecule has 0 aromatic heterocycles. The van der Waals surface area contributed by atoms with Crippen LogP contribution in [0.2, 0.25) is 0 Å². The molecular formula is C15H20O4S. The first kappa shape index (κ1) is 16.4. The van der Waals surface area contributed by atoms with Gasteiger partial charge in [-0.2, -0.15) is 0 Å². The Labute approximate surface area is 125 Å². The molecule has 110 valence electrons. The highest BCUT2D eigenvalue weighted by Gasteiger charge is 2.18. The van der Waals surface area contributed by atoms with Crippen molar-refractivity contribution < 1.29 is 19.0 Å². The van der Waals surface area contributed by atoms with E-state index in [1.807, 2.05) is 6.92 Å². The first-order chi connectivity index (χ1) is 9.58. The van der Waals surface area contributed by atoms with Gasteiger partial charge in [0.25, 0.3) is 0 Å². The fraction of sp³-hybridized carbons (Fsp3) is 0.467. The Balaban J connectivity index is 3.40. The second-order valence-corrected chi connectivity index (χ2v) is 4.55. The molecule has 0 unspecified atom stereocenters. The number of benzene rings is 1. The van der Waals surface area contributed by atoms with Gasteiger partial charge in [-0.1, -0.05) is 13.3 Å². The van der Waals surface area contributed by atoms with Crippen molar-refractivity contribution in [3.8, 4) is 5.75 Å². The molecule has 0 aliphatic heterocycles. The van der Waals surface area contributed by atoms with Gasteiger partial charge in [0.1, 0.15) is 5.75 Å². The number of aryl methyl sites for hydroxylation is 1. The molecule has 0 atom stereocenters. The van der Waals surface area contributed by atoms with Crippen molar-refractivity contribution in [1.82, 2.24) is 0 Å². The average Bonchev–Trinajstić information content (AvgIpc) is 2.46. The highest BCUT2D eigenvalue weighted by molar-refractivity contribution is 7.80. The van der Waals surface area contributed by atoms with Crippen LogP contribution in [0.3, 0.4) is 0 Å². The molecule has 0 amide bonds. The standard InChI is InChI=1S/C15H20O4S/c1-5-7-10-8-11(14(16)18-4)9-12(13(10)17-3)15(20)19-6-2/h8-9H,5-7H2,1-4H3. The van der Waals surface area contributed by atoms with Crippen molar-refractivity contribution >= 4 is 23.2 Å². The van der Waals surface area contributed by atoms with Crippen LogP contribution in [0.4, 0.5) is 0 Å². The Morgan fingerprint density at radius 3 is 2.45 bits per heavy atom. The third-order valence-electron chi connectivity index (χ3n) is 2.81. The van der Waals surface area contributed by atoms with E-state index in [0.29, 0.717) is 28.5 Å². The number of ether oxygens (including phenoxy) is 3. The highest BCUT2D eigenvalue weighted by atomic mass is 32.1. The van der Waals surface area contributed by atoms with E-state index in [-0.39, 0.29) is 0 Å². The van der Waals surface area contributed by atoms with E-state index in [2.05, 4.69) is 6.92 Å². The van der Waals surface area contributed by atoms with Crippen molar-refractivity contribution in [2.45, 2.75) is 26.7 Å². The summed E-state index contributed by atoms with van der Waals surface area (Å²) < 4.78 is 15.6. The first-order valence-electron chi connectivity index (χ1n) is 6.55. The van der Waals surface area contributed by atoms with Crippen LogP contribution in [0.5, 0.6) is 5.75 Å². The summed E-state index contributed by atoms with van der Waals surface area (Å²) in [5, 5.41) is 0.326. The number of rotatable bonds is 6. The molecule has 0 aliphatic carbocycles. The number of thiocarbonyl (C=S) groups is 1. The maximum Gasteiger partial charge on any atom is 0.337 e. The van der Waals surface area contributed by atoms with Gasteiger partial charge >= 0.3 is 5.97 Å². The zero-order valence-electron chi connectivity index (χ0n) is 12.3. The van der Waals surface area contributed by atoms with Gasteiger partial charge in [0.05, 0.1) is 32.0 Å². The third-order valence-corrected chi connectivity index (χ3v) is 3.14. The quantitative estimate of drug-likeness (QED) is 0.596. The lowest BCUT2D eigenvalue weighted by Gasteiger charge is -2.16. The Hall–Kier alpha value is -1.62. The molecule has 0 saturated heterocycles. The minimum Gasteiger partial charge on any atom is -0.496 e. The van der Waals surface area contributed by atoms with Gasteiger partial charge in [0, 0.05) is 0 Å². The van der Waals surface area contributed by atoms with Crippen LogP contribution >= 0.6 is 12.2 Å². The van der Waals surface area contributed by atoms with Gasteiger partial charge in [-0.05, 0) is 43.3 Å². The Morgan fingerprint density at radius 2 is 1.95 bits per heavy atom. The van der Waals surface area contributed by atoms with Gasteiger partial charge < -0.3 is 14.2 Å². The fourth-order valence-corrected chi connectivity index (χ4v) is 2.25. The molecule has 20 heavy (non-hydrogen) atoms. The summed E-state index contributed by atoms with van der Waals surface area (Å²) in [7, 11) is 2.94. The van der Waals surface area contributed by atoms with Crippen LogP contribution in [-0.2, 0) is 15.9 Å². The SMILES string of the molecule is CCCc1cc(C(=O)OC)cc(C(=S)OCC)c1OC. The Kier molecular flexibility index (Phi) is 6.45. The van der Waals surface area contributed by atoms with Gasteiger partial charge in [-0.3, -0.25) is 0 Å². The summed E-state index contributed by atoms with van der Waals surface area (Å²) in [6, 6.07) is 3.44. The normalized spacial score (nSPS) is 10.0. The molecule has 1 rings (SSSR count). The van der Waals surface area contributed by atoms with Gasteiger partial charge in [0.2, 0.25) is 0 Å². The molecule has 1 aromatic carbocycles. The summed E-state index contributed by atoms with van der Waals surface area (Å²) in [5.41, 5.74) is 2.00. The molecule has 0 heterocycles. The minimum absolute atomic E-state index is 0.326. The van der Waals surface area contributed by atoms with Crippen LogP contribution in [0, 0.1) is 0 Å². The molecular weight excluding hydrogens is 276 g/mol. The lowest BCUT2D eigenvalue weighted by atomic mass is 10.0. The second kappa shape index (κ2) is 7.85. The van der Waals surface area contributed by atoms with E-state index in [0.717, 1.165) is 18.4 Å². The number of hydrogen-bond acceptors (Lipinski definition) is 5. The number of hydrogen-bond donors (Lipinski definition) is 0. The zero-order valence-corrected chi connectivity index (χ0v) is 13.1. The van der Waals surface area contributed by atoms with E-state index in [4.69, 9.17) is 26.4 Å². The average molecular weight is 296 g/mol. The van der Waals surface area contributed by atoms with Crippen LogP contribution in [-0.4, -0.2) is 31.8 Å². The van der Waals surface area contributed by atoms with Crippen LogP contribution in [0.15, 0.2) is 12.1 Å². The van der Waals surface area contributed by atoms with E-state index < -0.39 is 5.97 Å². The largest absolute Gasteiger partial charge is 0.496 e. The van der Waals surface area contributed by atoms with Gasteiger partial charge in [-0.15, -0.1) is 0 Å². The molecule has 5 heteroatoms. The van der Waals surface area contributed by atoms with Crippen LogP contribution < -0.4 is 4.74 Å². The van der Waals surface area contributed by atoms with Gasteiger partial charge in [-0.25, -0.2) is 4.79 Å². The van der Waals surface area contributed by atoms with Crippen molar-refractivity contribution in [2.24, 2.45) is 0 Å². The van der Waals surface area contributed by atoms with Crippen LogP contribution in [0.25, 0.3) is 0 Å². The topological polar surface area (TPSA) is 44.8 Å². The minimum atomic E-state index is -0.398. The van der Waals surface area contributed by atoms with E-state index in [9.17, 15) is 4.79 Å². The number of methoxy groups -OCH3 is 2. The van der Waals surface area contributed by atoms with E-state index in [1.165, 1.54) is 7.11 Å². The summed E-state index contributed by atoms with van der Waals surface area (Å²) >= 11 is 5.25. The summed E-state index contributed by atoms with van der Waals surface area (Å²) in [5.74, 6) is 0.267. The number of esters is 1. The summed E-state index contributed by atoms with van der Waals surface area (Å²) in [6.07, 6.45) is 1.72. The maximum absolute atomic E-state index is 11.8. The molecule has 1 aromatic rings. The lowest BCUT2D eigenvalue weighted by molar-refractivity contribution is 0.0600. The molecule has 0 fully saturated rings. The molecule has 0 radical (unpaired) electrons. The fourth-order valence-electron chi connectivity index (χ4n) is 1.98. The molecule has 0 saturated carbocycles. The van der Waals surface area contributed by atoms with Gasteiger partial charge in [0.15, 0.2) is 5.05 Å². The third kappa shape index (κ3) is 3.70. The summed E-state index contributed by atoms with van der Waals surface area (Å²) in [4.78, 5) is 11.8. The van der Waals surface area contributed by atoms with Crippen molar-refractivity contribution in [3.05, 3.63) is 28.8 Å². The number of carbonyl (C=O) groups excluding carboxylic acids is 1. The summed E-state index contributed by atoms with van der Waals surface area (Å²) in [6.45, 7) is 4.38. The van der Waals surface area contributed by atoms with E-state index >= 15 is 0 Å². The molecule has 4 nitrogen and oxygen atoms in total. The molecule has 0 spiro atoms. The smallest absolute Gasteiger partial charge is 0.337 e.